The monoisotopic (exact) mass is 309 g/mol. The van der Waals surface area contributed by atoms with Gasteiger partial charge < -0.3 is 10.4 Å². The van der Waals surface area contributed by atoms with Crippen LogP contribution in [0.25, 0.3) is 11.4 Å². The van der Waals surface area contributed by atoms with Gasteiger partial charge in [-0.3, -0.25) is 4.79 Å². The van der Waals surface area contributed by atoms with Crippen LogP contribution >= 0.6 is 11.3 Å². The number of carbonyl (C=O) groups excluding carboxylic acids is 1. The molecule has 0 aromatic carbocycles. The molecule has 0 aliphatic rings. The highest BCUT2D eigenvalue weighted by molar-refractivity contribution is 7.08. The Balaban J connectivity index is 1.93. The molecule has 2 aromatic rings. The average molecular weight is 309 g/mol. The number of aliphatic hydroxyl groups excluding tert-OH is 1. The van der Waals surface area contributed by atoms with Crippen LogP contribution < -0.4 is 5.32 Å². The molecule has 0 bridgehead atoms. The highest BCUT2D eigenvalue weighted by Gasteiger charge is 2.17. The van der Waals surface area contributed by atoms with E-state index in [1.54, 1.807) is 11.3 Å². The molecule has 21 heavy (non-hydrogen) atoms. The Morgan fingerprint density at radius 3 is 2.95 bits per heavy atom. The first kappa shape index (κ1) is 15.6. The molecule has 0 fully saturated rings. The van der Waals surface area contributed by atoms with Crippen molar-refractivity contribution in [1.82, 2.24) is 25.5 Å². The maximum atomic E-state index is 12.0. The number of nitrogens with zero attached hydrogens (tertiary/aromatic N) is 4. The number of aromatic nitrogens is 4. The summed E-state index contributed by atoms with van der Waals surface area (Å²) in [6.45, 7) is 4.07. The van der Waals surface area contributed by atoms with E-state index in [1.165, 1.54) is 4.80 Å². The van der Waals surface area contributed by atoms with E-state index < -0.39 is 0 Å². The van der Waals surface area contributed by atoms with Crippen LogP contribution in [0.3, 0.4) is 0 Å². The molecule has 114 valence electrons. The predicted molar refractivity (Wildman–Crippen MR) is 79.6 cm³/mol. The lowest BCUT2D eigenvalue weighted by atomic mass is 10.0. The molecule has 0 aliphatic carbocycles. The molecular formula is C13H19N5O2S. The van der Waals surface area contributed by atoms with Crippen molar-refractivity contribution in [2.75, 3.05) is 6.61 Å². The fourth-order valence-electron chi connectivity index (χ4n) is 1.91. The number of aliphatic hydroxyl groups is 1. The van der Waals surface area contributed by atoms with Crippen molar-refractivity contribution in [3.8, 4) is 11.4 Å². The van der Waals surface area contributed by atoms with Crippen LogP contribution in [-0.4, -0.2) is 43.9 Å². The molecular weight excluding hydrogens is 290 g/mol. The molecule has 0 saturated heterocycles. The minimum Gasteiger partial charge on any atom is -0.396 e. The smallest absolute Gasteiger partial charge is 0.243 e. The normalized spacial score (nSPS) is 12.6. The molecule has 1 unspecified atom stereocenters. The van der Waals surface area contributed by atoms with Crippen LogP contribution in [-0.2, 0) is 11.3 Å². The van der Waals surface area contributed by atoms with Crippen molar-refractivity contribution in [3.63, 3.8) is 0 Å². The van der Waals surface area contributed by atoms with E-state index in [0.717, 1.165) is 5.56 Å². The first-order valence-electron chi connectivity index (χ1n) is 6.80. The van der Waals surface area contributed by atoms with E-state index in [0.29, 0.717) is 12.2 Å². The molecule has 8 heteroatoms. The Morgan fingerprint density at radius 1 is 1.52 bits per heavy atom. The van der Waals surface area contributed by atoms with Gasteiger partial charge >= 0.3 is 0 Å². The van der Waals surface area contributed by atoms with E-state index in [2.05, 4.69) is 20.7 Å². The standard InChI is InChI=1S/C13H19N5O2S/c1-9(2)11(3-5-19)14-12(20)7-18-16-13(15-17-18)10-4-6-21-8-10/h4,6,8-9,11,19H,3,5,7H2,1-2H3,(H,14,20). The maximum absolute atomic E-state index is 12.0. The van der Waals surface area contributed by atoms with Gasteiger partial charge in [0.25, 0.3) is 0 Å². The number of amides is 1. The van der Waals surface area contributed by atoms with Crippen molar-refractivity contribution >= 4 is 17.2 Å². The number of nitrogens with one attached hydrogen (secondary N) is 1. The second-order valence-corrected chi connectivity index (χ2v) is 5.87. The molecule has 2 aromatic heterocycles. The summed E-state index contributed by atoms with van der Waals surface area (Å²) < 4.78 is 0. The van der Waals surface area contributed by atoms with Crippen molar-refractivity contribution < 1.29 is 9.90 Å². The molecule has 1 atom stereocenters. The van der Waals surface area contributed by atoms with Crippen LogP contribution in [0.2, 0.25) is 0 Å². The summed E-state index contributed by atoms with van der Waals surface area (Å²) >= 11 is 1.55. The molecule has 1 amide bonds. The predicted octanol–water partition coefficient (Wildman–Crippen LogP) is 0.925. The lowest BCUT2D eigenvalue weighted by Gasteiger charge is -2.21. The minimum atomic E-state index is -0.184. The fraction of sp³-hybridized carbons (Fsp3) is 0.538. The molecule has 0 spiro atoms. The van der Waals surface area contributed by atoms with Crippen LogP contribution in [0.15, 0.2) is 16.8 Å². The Labute approximate surface area is 127 Å². The summed E-state index contributed by atoms with van der Waals surface area (Å²) in [5.41, 5.74) is 0.895. The number of carbonyl (C=O) groups is 1. The number of hydrogen-bond acceptors (Lipinski definition) is 6. The van der Waals surface area contributed by atoms with E-state index in [9.17, 15) is 4.79 Å². The first-order valence-corrected chi connectivity index (χ1v) is 7.75. The third kappa shape index (κ3) is 4.33. The maximum Gasteiger partial charge on any atom is 0.243 e. The minimum absolute atomic E-state index is 0.0196. The average Bonchev–Trinajstić information content (AvgIpc) is 3.08. The Morgan fingerprint density at radius 2 is 2.33 bits per heavy atom. The summed E-state index contributed by atoms with van der Waals surface area (Å²) in [5, 5.41) is 27.7. The summed E-state index contributed by atoms with van der Waals surface area (Å²) in [7, 11) is 0. The molecule has 0 aliphatic heterocycles. The van der Waals surface area contributed by atoms with Gasteiger partial charge in [-0.15, -0.1) is 10.2 Å². The zero-order valence-corrected chi connectivity index (χ0v) is 12.9. The zero-order valence-electron chi connectivity index (χ0n) is 12.1. The van der Waals surface area contributed by atoms with E-state index in [1.807, 2.05) is 30.7 Å². The summed E-state index contributed by atoms with van der Waals surface area (Å²) in [6, 6.07) is 1.85. The molecule has 7 nitrogen and oxygen atoms in total. The second-order valence-electron chi connectivity index (χ2n) is 5.09. The van der Waals surface area contributed by atoms with E-state index >= 15 is 0 Å². The van der Waals surface area contributed by atoms with Crippen molar-refractivity contribution in [2.24, 2.45) is 5.92 Å². The SMILES string of the molecule is CC(C)C(CCO)NC(=O)Cn1nnc(-c2ccsc2)n1. The van der Waals surface area contributed by atoms with Crippen molar-refractivity contribution in [1.29, 1.82) is 0 Å². The molecule has 2 heterocycles. The van der Waals surface area contributed by atoms with Gasteiger partial charge in [0.2, 0.25) is 11.7 Å². The van der Waals surface area contributed by atoms with Crippen molar-refractivity contribution in [3.05, 3.63) is 16.8 Å². The second kappa shape index (κ2) is 7.28. The van der Waals surface area contributed by atoms with Gasteiger partial charge in [0.1, 0.15) is 6.54 Å². The molecule has 0 saturated carbocycles. The highest BCUT2D eigenvalue weighted by atomic mass is 32.1. The summed E-state index contributed by atoms with van der Waals surface area (Å²) in [5.74, 6) is 0.586. The van der Waals surface area contributed by atoms with Crippen LogP contribution in [0.5, 0.6) is 0 Å². The zero-order chi connectivity index (χ0) is 15.2. The van der Waals surface area contributed by atoms with Crippen molar-refractivity contribution in [2.45, 2.75) is 32.9 Å². The number of tetrazole rings is 1. The Kier molecular flexibility index (Phi) is 5.40. The van der Waals surface area contributed by atoms with Gasteiger partial charge in [0.15, 0.2) is 0 Å². The number of rotatable bonds is 7. The molecule has 2 N–H and O–H groups in total. The lowest BCUT2D eigenvalue weighted by Crippen LogP contribution is -2.41. The Bertz CT molecular complexity index is 567. The van der Waals surface area contributed by atoms with Gasteiger partial charge in [-0.1, -0.05) is 13.8 Å². The van der Waals surface area contributed by atoms with Gasteiger partial charge in [0.05, 0.1) is 0 Å². The van der Waals surface area contributed by atoms with E-state index in [4.69, 9.17) is 5.11 Å². The molecule has 2 rings (SSSR count). The van der Waals surface area contributed by atoms with E-state index in [-0.39, 0.29) is 31.0 Å². The quantitative estimate of drug-likeness (QED) is 0.793. The van der Waals surface area contributed by atoms with Gasteiger partial charge in [0, 0.05) is 23.6 Å². The van der Waals surface area contributed by atoms with Crippen LogP contribution in [0.4, 0.5) is 0 Å². The third-order valence-corrected chi connectivity index (χ3v) is 3.79. The summed E-state index contributed by atoms with van der Waals surface area (Å²) in [4.78, 5) is 13.3. The van der Waals surface area contributed by atoms with Crippen LogP contribution in [0.1, 0.15) is 20.3 Å². The lowest BCUT2D eigenvalue weighted by molar-refractivity contribution is -0.123. The van der Waals surface area contributed by atoms with Crippen LogP contribution in [0, 0.1) is 5.92 Å². The summed E-state index contributed by atoms with van der Waals surface area (Å²) in [6.07, 6.45) is 0.536. The topological polar surface area (TPSA) is 92.9 Å². The Hall–Kier alpha value is -1.80. The van der Waals surface area contributed by atoms with Gasteiger partial charge in [-0.05, 0) is 29.0 Å². The third-order valence-electron chi connectivity index (χ3n) is 3.11. The largest absolute Gasteiger partial charge is 0.396 e. The number of hydrogen-bond donors (Lipinski definition) is 2. The number of thiophene rings is 1. The highest BCUT2D eigenvalue weighted by Crippen LogP contribution is 2.16. The molecule has 0 radical (unpaired) electrons. The van der Waals surface area contributed by atoms with Gasteiger partial charge in [-0.25, -0.2) is 0 Å². The fourth-order valence-corrected chi connectivity index (χ4v) is 2.54. The van der Waals surface area contributed by atoms with Gasteiger partial charge in [-0.2, -0.15) is 16.1 Å². The first-order chi connectivity index (χ1) is 10.1.